The van der Waals surface area contributed by atoms with Crippen LogP contribution < -0.4 is 15.4 Å². The average molecular weight is 474 g/mol. The van der Waals surface area contributed by atoms with Crippen LogP contribution in [0.15, 0.2) is 35.5 Å². The van der Waals surface area contributed by atoms with E-state index in [1.807, 2.05) is 32.0 Å². The van der Waals surface area contributed by atoms with Crippen molar-refractivity contribution < 1.29 is 23.9 Å². The van der Waals surface area contributed by atoms with Crippen LogP contribution in [0.2, 0.25) is 0 Å². The summed E-state index contributed by atoms with van der Waals surface area (Å²) in [4.78, 5) is 43.8. The van der Waals surface area contributed by atoms with Gasteiger partial charge in [0.25, 0.3) is 0 Å². The molecule has 10 nitrogen and oxygen atoms in total. The Hall–Kier alpha value is -3.27. The second-order valence-corrected chi connectivity index (χ2v) is 8.63. The summed E-state index contributed by atoms with van der Waals surface area (Å²) in [5, 5.41) is 5.84. The lowest BCUT2D eigenvalue weighted by Crippen LogP contribution is -2.55. The first-order valence-corrected chi connectivity index (χ1v) is 11.6. The lowest BCUT2D eigenvalue weighted by Gasteiger charge is -2.39. The van der Waals surface area contributed by atoms with Crippen molar-refractivity contribution >= 4 is 18.0 Å². The summed E-state index contributed by atoms with van der Waals surface area (Å²) in [6.45, 7) is 8.58. The van der Waals surface area contributed by atoms with Crippen LogP contribution in [0.3, 0.4) is 0 Å². The zero-order chi connectivity index (χ0) is 24.8. The van der Waals surface area contributed by atoms with Gasteiger partial charge in [-0.25, -0.2) is 14.4 Å². The fraction of sp³-hybridized carbons (Fsp3) is 0.542. The van der Waals surface area contributed by atoms with Crippen LogP contribution in [0.5, 0.6) is 5.75 Å². The normalized spacial score (nSPS) is 19.2. The number of nitrogens with one attached hydrogen (secondary N) is 2. The molecule has 10 heteroatoms. The van der Waals surface area contributed by atoms with Crippen LogP contribution in [0, 0.1) is 0 Å². The highest BCUT2D eigenvalue weighted by Crippen LogP contribution is 2.35. The number of amides is 4. The first-order valence-electron chi connectivity index (χ1n) is 11.6. The van der Waals surface area contributed by atoms with E-state index in [4.69, 9.17) is 9.47 Å². The molecule has 1 saturated heterocycles. The third kappa shape index (κ3) is 5.61. The average Bonchev–Trinajstić information content (AvgIpc) is 2.81. The minimum atomic E-state index is -0.702. The van der Waals surface area contributed by atoms with E-state index in [9.17, 15) is 14.4 Å². The number of hydrogen-bond acceptors (Lipinski definition) is 6. The van der Waals surface area contributed by atoms with Gasteiger partial charge in [0.05, 0.1) is 25.3 Å². The Morgan fingerprint density at radius 1 is 1.18 bits per heavy atom. The summed E-state index contributed by atoms with van der Waals surface area (Å²) in [6, 6.07) is 6.29. The molecule has 2 N–H and O–H groups in total. The Morgan fingerprint density at radius 3 is 2.47 bits per heavy atom. The molecular formula is C24H35N5O5. The predicted octanol–water partition coefficient (Wildman–Crippen LogP) is 1.94. The highest BCUT2D eigenvalue weighted by molar-refractivity contribution is 5.95. The molecule has 34 heavy (non-hydrogen) atoms. The Morgan fingerprint density at radius 2 is 1.85 bits per heavy atom. The molecule has 0 unspecified atom stereocenters. The molecule has 0 aliphatic carbocycles. The molecule has 186 valence electrons. The number of likely N-dealkylation sites (N-methyl/N-ethyl adjacent to an activating group) is 1. The predicted molar refractivity (Wildman–Crippen MR) is 127 cm³/mol. The second-order valence-electron chi connectivity index (χ2n) is 8.63. The number of carbonyl (C=O) groups excluding carboxylic acids is 3. The standard InChI is InChI=1S/C24H35N5O5/c1-6-34-22(30)20-18(15-28-11-13-29(14-12-28)24(32)25-16(2)3)27(4)23(31)26-21(20)17-9-7-8-10-19(17)33-5/h7-10,16,21H,6,11-15H2,1-5H3,(H,25,32)(H,26,31)/t21-/m1/s1. The van der Waals surface area contributed by atoms with Gasteiger partial charge in [-0.2, -0.15) is 0 Å². The van der Waals surface area contributed by atoms with Crippen molar-refractivity contribution in [3.63, 3.8) is 0 Å². The van der Waals surface area contributed by atoms with Gasteiger partial charge in [-0.3, -0.25) is 9.80 Å². The first kappa shape index (κ1) is 25.4. The third-order valence-electron chi connectivity index (χ3n) is 5.97. The van der Waals surface area contributed by atoms with Crippen LogP contribution in [0.4, 0.5) is 9.59 Å². The number of carbonyl (C=O) groups is 3. The summed E-state index contributed by atoms with van der Waals surface area (Å²) >= 11 is 0. The molecule has 1 fully saturated rings. The summed E-state index contributed by atoms with van der Waals surface area (Å²) in [6.07, 6.45) is 0. The molecule has 0 aromatic heterocycles. The molecule has 1 aromatic rings. The molecule has 4 amide bonds. The maximum atomic E-state index is 13.2. The Balaban J connectivity index is 1.90. The summed E-state index contributed by atoms with van der Waals surface area (Å²) in [7, 11) is 3.20. The number of para-hydroxylation sites is 1. The number of hydrogen-bond donors (Lipinski definition) is 2. The lowest BCUT2D eigenvalue weighted by molar-refractivity contribution is -0.139. The van der Waals surface area contributed by atoms with Gasteiger partial charge >= 0.3 is 18.0 Å². The molecule has 3 rings (SSSR count). The van der Waals surface area contributed by atoms with Crippen LogP contribution in [0.1, 0.15) is 32.4 Å². The van der Waals surface area contributed by atoms with Crippen molar-refractivity contribution in [1.29, 1.82) is 0 Å². The maximum absolute atomic E-state index is 13.2. The molecule has 2 heterocycles. The number of ether oxygens (including phenoxy) is 2. The smallest absolute Gasteiger partial charge is 0.338 e. The Kier molecular flexibility index (Phi) is 8.38. The second kappa shape index (κ2) is 11.2. The number of esters is 1. The van der Waals surface area contributed by atoms with Crippen molar-refractivity contribution in [3.05, 3.63) is 41.1 Å². The molecule has 1 aromatic carbocycles. The van der Waals surface area contributed by atoms with Crippen molar-refractivity contribution in [2.24, 2.45) is 0 Å². The van der Waals surface area contributed by atoms with Gasteiger partial charge in [0.1, 0.15) is 5.75 Å². The van der Waals surface area contributed by atoms with E-state index >= 15 is 0 Å². The number of nitrogens with zero attached hydrogens (tertiary/aromatic N) is 3. The van der Waals surface area contributed by atoms with E-state index in [0.717, 1.165) is 0 Å². The monoisotopic (exact) mass is 473 g/mol. The first-order chi connectivity index (χ1) is 16.3. The van der Waals surface area contributed by atoms with Gasteiger partial charge < -0.3 is 25.0 Å². The van der Waals surface area contributed by atoms with E-state index in [-0.39, 0.29) is 24.7 Å². The largest absolute Gasteiger partial charge is 0.496 e. The Bertz CT molecular complexity index is 939. The molecule has 0 saturated carbocycles. The molecule has 2 aliphatic rings. The number of methoxy groups -OCH3 is 1. The maximum Gasteiger partial charge on any atom is 0.338 e. The van der Waals surface area contributed by atoms with Gasteiger partial charge in [0, 0.05) is 57.1 Å². The fourth-order valence-corrected chi connectivity index (χ4v) is 4.20. The number of benzene rings is 1. The SMILES string of the molecule is CCOC(=O)C1=C(CN2CCN(C(=O)NC(C)C)CC2)N(C)C(=O)N[C@@H]1c1ccccc1OC. The van der Waals surface area contributed by atoms with Crippen molar-refractivity contribution in [1.82, 2.24) is 25.3 Å². The molecule has 0 radical (unpaired) electrons. The van der Waals surface area contributed by atoms with E-state index in [1.165, 1.54) is 4.90 Å². The zero-order valence-corrected chi connectivity index (χ0v) is 20.6. The van der Waals surface area contributed by atoms with Crippen molar-refractivity contribution in [2.45, 2.75) is 32.9 Å². The summed E-state index contributed by atoms with van der Waals surface area (Å²) in [5.74, 6) is 0.0958. The molecule has 2 aliphatic heterocycles. The minimum absolute atomic E-state index is 0.0733. The summed E-state index contributed by atoms with van der Waals surface area (Å²) in [5.41, 5.74) is 1.65. The minimum Gasteiger partial charge on any atom is -0.496 e. The highest BCUT2D eigenvalue weighted by atomic mass is 16.5. The van der Waals surface area contributed by atoms with E-state index in [2.05, 4.69) is 15.5 Å². The van der Waals surface area contributed by atoms with Crippen LogP contribution >= 0.6 is 0 Å². The topological polar surface area (TPSA) is 103 Å². The number of rotatable bonds is 7. The van der Waals surface area contributed by atoms with Gasteiger partial charge in [-0.15, -0.1) is 0 Å². The van der Waals surface area contributed by atoms with Gasteiger partial charge in [0.2, 0.25) is 0 Å². The van der Waals surface area contributed by atoms with Crippen LogP contribution in [0.25, 0.3) is 0 Å². The van der Waals surface area contributed by atoms with E-state index in [0.29, 0.717) is 55.3 Å². The third-order valence-corrected chi connectivity index (χ3v) is 5.97. The van der Waals surface area contributed by atoms with Gasteiger partial charge in [-0.05, 0) is 26.8 Å². The number of urea groups is 2. The highest BCUT2D eigenvalue weighted by Gasteiger charge is 2.38. The van der Waals surface area contributed by atoms with Gasteiger partial charge in [0.15, 0.2) is 0 Å². The fourth-order valence-electron chi connectivity index (χ4n) is 4.20. The molecular weight excluding hydrogens is 438 g/mol. The summed E-state index contributed by atoms with van der Waals surface area (Å²) < 4.78 is 10.9. The van der Waals surface area contributed by atoms with Gasteiger partial charge in [-0.1, -0.05) is 18.2 Å². The molecule has 0 spiro atoms. The quantitative estimate of drug-likeness (QED) is 0.587. The van der Waals surface area contributed by atoms with Crippen LogP contribution in [-0.4, -0.2) is 92.3 Å². The van der Waals surface area contributed by atoms with Crippen molar-refractivity contribution in [2.75, 3.05) is 53.5 Å². The lowest BCUT2D eigenvalue weighted by atomic mass is 9.93. The van der Waals surface area contributed by atoms with Crippen LogP contribution in [-0.2, 0) is 9.53 Å². The van der Waals surface area contributed by atoms with E-state index < -0.39 is 12.0 Å². The molecule has 0 bridgehead atoms. The molecule has 1 atom stereocenters. The van der Waals surface area contributed by atoms with Crippen molar-refractivity contribution in [3.8, 4) is 5.75 Å². The van der Waals surface area contributed by atoms with E-state index in [1.54, 1.807) is 32.0 Å². The number of piperazine rings is 1. The zero-order valence-electron chi connectivity index (χ0n) is 20.6. The Labute approximate surface area is 200 Å².